The molecule has 45 heavy (non-hydrogen) atoms. The van der Waals surface area contributed by atoms with Gasteiger partial charge in [0.25, 0.3) is 0 Å². The molecule has 1 aliphatic heterocycles. The average molecular weight is 805 g/mol. The number of rotatable bonds is 12. The van der Waals surface area contributed by atoms with Crippen LogP contribution in [0.5, 0.6) is 5.75 Å². The number of carbonyl (C=O) groups is 1. The Morgan fingerprint density at radius 1 is 1.11 bits per heavy atom. The molecule has 7 nitrogen and oxygen atoms in total. The van der Waals surface area contributed by atoms with Gasteiger partial charge >= 0.3 is 257 Å². The Hall–Kier alpha value is -2.64. The average Bonchev–Trinajstić information content (AvgIpc) is 3.43. The summed E-state index contributed by atoms with van der Waals surface area (Å²) in [4.78, 5) is 17.3. The fourth-order valence-corrected chi connectivity index (χ4v) is 8.25. The van der Waals surface area contributed by atoms with E-state index in [1.54, 1.807) is 16.8 Å². The van der Waals surface area contributed by atoms with Gasteiger partial charge in [-0.15, -0.1) is 0 Å². The molecule has 0 bridgehead atoms. The number of likely N-dealkylation sites (N-methyl/N-ethyl adjacent to an activating group) is 1. The zero-order valence-electron chi connectivity index (χ0n) is 26.1. The second kappa shape index (κ2) is 15.3. The van der Waals surface area contributed by atoms with Crippen LogP contribution in [-0.2, 0) is 24.1 Å². The first-order chi connectivity index (χ1) is 21.7. The summed E-state index contributed by atoms with van der Waals surface area (Å²) in [5, 5.41) is 15.2. The molecular formula is C35H42ClFN4O3W. The van der Waals surface area contributed by atoms with Crippen molar-refractivity contribution in [2.75, 3.05) is 46.4 Å². The third-order valence-electron chi connectivity index (χ3n) is 9.38. The van der Waals surface area contributed by atoms with Crippen LogP contribution < -0.4 is 4.74 Å². The molecule has 1 N–H and O–H groups in total. The second-order valence-electron chi connectivity index (χ2n) is 12.3. The zero-order chi connectivity index (χ0) is 32.1. The number of hydrogen-bond acceptors (Lipinski definition) is 5. The van der Waals surface area contributed by atoms with Gasteiger partial charge in [0, 0.05) is 13.1 Å². The van der Waals surface area contributed by atoms with Crippen molar-refractivity contribution >= 4 is 28.2 Å². The summed E-state index contributed by atoms with van der Waals surface area (Å²) >= 11 is 8.17. The molecule has 1 aliphatic carbocycles. The molecule has 10 heteroatoms. The first-order valence-electron chi connectivity index (χ1n) is 15.8. The van der Waals surface area contributed by atoms with Gasteiger partial charge in [-0.05, 0) is 7.05 Å². The number of carboxylic acid groups (broad SMARTS) is 1. The van der Waals surface area contributed by atoms with Gasteiger partial charge in [0.05, 0.1) is 0 Å². The number of piperazine rings is 1. The Bertz CT molecular complexity index is 1530. The molecule has 3 aromatic rings. The van der Waals surface area contributed by atoms with E-state index in [-0.39, 0.29) is 11.7 Å². The molecule has 2 fully saturated rings. The van der Waals surface area contributed by atoms with Crippen molar-refractivity contribution in [3.05, 3.63) is 64.7 Å². The normalized spacial score (nSPS) is 17.2. The molecule has 1 saturated carbocycles. The zero-order valence-corrected chi connectivity index (χ0v) is 29.8. The third kappa shape index (κ3) is 7.85. The monoisotopic (exact) mass is 804 g/mol. The molecule has 1 unspecified atom stereocenters. The summed E-state index contributed by atoms with van der Waals surface area (Å²) in [5.74, 6) is -0.739. The number of carboxylic acids is 1. The van der Waals surface area contributed by atoms with E-state index in [0.29, 0.717) is 23.8 Å². The third-order valence-corrected chi connectivity index (χ3v) is 11.1. The van der Waals surface area contributed by atoms with E-state index < -0.39 is 11.9 Å². The number of nitrogens with zero attached hydrogens (tertiary/aromatic N) is 4. The molecule has 1 atom stereocenters. The van der Waals surface area contributed by atoms with Crippen LogP contribution in [0.1, 0.15) is 49.8 Å². The van der Waals surface area contributed by atoms with Gasteiger partial charge in [0.1, 0.15) is 0 Å². The molecule has 0 spiro atoms. The van der Waals surface area contributed by atoms with Crippen LogP contribution in [-0.4, -0.2) is 82.5 Å². The molecule has 240 valence electrons. The summed E-state index contributed by atoms with van der Waals surface area (Å²) in [6, 6.07) is 10.3. The predicted octanol–water partition coefficient (Wildman–Crippen LogP) is 6.75. The summed E-state index contributed by atoms with van der Waals surface area (Å²) in [5.41, 5.74) is 5.13. The molecule has 2 heterocycles. The van der Waals surface area contributed by atoms with Crippen molar-refractivity contribution in [1.82, 2.24) is 14.5 Å². The summed E-state index contributed by atoms with van der Waals surface area (Å²) < 4.78 is 22.9. The number of hydrogen-bond donors (Lipinski definition) is 1. The molecule has 1 saturated heterocycles. The predicted molar refractivity (Wildman–Crippen MR) is 176 cm³/mol. The number of ether oxygens (including phenoxy) is 1. The Balaban J connectivity index is 1.51. The number of aliphatic carboxylic acids is 1. The fraction of sp³-hybridized carbons (Fsp3) is 0.457. The van der Waals surface area contributed by atoms with E-state index in [0.717, 1.165) is 95.8 Å². The van der Waals surface area contributed by atoms with Crippen molar-refractivity contribution in [2.45, 2.75) is 45.4 Å². The van der Waals surface area contributed by atoms with Gasteiger partial charge in [-0.1, -0.05) is 0 Å². The standard InChI is InChI=1S/C35H42ClFN4O3.W/c1-24-28(14-16-32(34(24)36)44-22-21-40-19-17-39(3)18-20-40)33-30(26-9-11-27(37)12-10-26)23-41(38-2)31(33)15-13-29(35(42)43)25-7-5-4-6-8-25;/h9-12,14,16,23,25,29H,2,4-8,13,17-22H2,1,3H3,(H,42,43);. The van der Waals surface area contributed by atoms with Gasteiger partial charge in [-0.25, -0.2) is 0 Å². The van der Waals surface area contributed by atoms with Crippen LogP contribution in [0.4, 0.5) is 4.39 Å². The fourth-order valence-electron chi connectivity index (χ4n) is 6.68. The minimum absolute atomic E-state index is 0.157. The van der Waals surface area contributed by atoms with Crippen molar-refractivity contribution in [3.63, 3.8) is 0 Å². The molecule has 0 amide bonds. The Morgan fingerprint density at radius 3 is 2.44 bits per heavy atom. The molecular weight excluding hydrogens is 763 g/mol. The van der Waals surface area contributed by atoms with Gasteiger partial charge < -0.3 is 4.90 Å². The maximum absolute atomic E-state index is 14.0. The van der Waals surface area contributed by atoms with Gasteiger partial charge in [0.2, 0.25) is 0 Å². The summed E-state index contributed by atoms with van der Waals surface area (Å²) in [6.45, 7) is 11.4. The summed E-state index contributed by atoms with van der Waals surface area (Å²) in [6.07, 6.45) is 7.54. The molecule has 0 radical (unpaired) electrons. The van der Waals surface area contributed by atoms with Gasteiger partial charge in [0.15, 0.2) is 0 Å². The van der Waals surface area contributed by atoms with E-state index in [9.17, 15) is 14.3 Å². The maximum atomic E-state index is 14.0. The van der Waals surface area contributed by atoms with E-state index in [1.165, 1.54) is 37.9 Å². The van der Waals surface area contributed by atoms with Crippen LogP contribution in [0.15, 0.2) is 47.7 Å². The summed E-state index contributed by atoms with van der Waals surface area (Å²) in [7, 11) is 2.14. The second-order valence-corrected chi connectivity index (χ2v) is 14.4. The topological polar surface area (TPSA) is 70.3 Å². The quantitative estimate of drug-likeness (QED) is 0.205. The van der Waals surface area contributed by atoms with Crippen molar-refractivity contribution in [2.24, 2.45) is 16.9 Å². The van der Waals surface area contributed by atoms with E-state index in [2.05, 4.69) is 28.7 Å². The number of benzene rings is 2. The Kier molecular flexibility index (Phi) is 11.5. The van der Waals surface area contributed by atoms with Crippen LogP contribution in [0.3, 0.4) is 0 Å². The minimum atomic E-state index is -0.747. The van der Waals surface area contributed by atoms with E-state index in [4.69, 9.17) is 16.3 Å². The van der Waals surface area contributed by atoms with Crippen LogP contribution >= 0.6 is 11.6 Å². The van der Waals surface area contributed by atoms with Crippen LogP contribution in [0.25, 0.3) is 22.3 Å². The SMILES string of the molecule is C=Nn1cc(-c2ccc(F)cc2)c(-c2ccc(OCCN3CCN(C)CC3)c(Cl)c2C)c1[C](=[W])CC(C(=O)O)C1CCCCC1. The first kappa shape index (κ1) is 33.7. The van der Waals surface area contributed by atoms with Gasteiger partial charge in [-0.3, -0.25) is 0 Å². The molecule has 1 aromatic heterocycles. The van der Waals surface area contributed by atoms with Gasteiger partial charge in [-0.2, -0.15) is 0 Å². The Labute approximate surface area is 281 Å². The van der Waals surface area contributed by atoms with E-state index >= 15 is 0 Å². The number of aromatic nitrogens is 1. The van der Waals surface area contributed by atoms with Crippen molar-refractivity contribution < 1.29 is 38.4 Å². The van der Waals surface area contributed by atoms with Crippen molar-refractivity contribution in [3.8, 4) is 28.0 Å². The van der Waals surface area contributed by atoms with Crippen LogP contribution in [0, 0.1) is 24.6 Å². The van der Waals surface area contributed by atoms with Crippen molar-refractivity contribution in [1.29, 1.82) is 0 Å². The van der Waals surface area contributed by atoms with Crippen LogP contribution in [0.2, 0.25) is 5.02 Å². The van der Waals surface area contributed by atoms with E-state index in [1.807, 2.05) is 25.3 Å². The molecule has 5 rings (SSSR count). The molecule has 2 aliphatic rings. The first-order valence-corrected chi connectivity index (χ1v) is 17.6. The Morgan fingerprint density at radius 2 is 1.80 bits per heavy atom. The number of halogens is 2. The molecule has 2 aromatic carbocycles.